The van der Waals surface area contributed by atoms with E-state index in [9.17, 15) is 19.8 Å². The van der Waals surface area contributed by atoms with Crippen LogP contribution in [0.5, 0.6) is 11.5 Å². The number of halogens is 1. The lowest BCUT2D eigenvalue weighted by Gasteiger charge is -2.21. The molecule has 0 spiro atoms. The topological polar surface area (TPSA) is 125 Å². The van der Waals surface area contributed by atoms with Gasteiger partial charge in [0.1, 0.15) is 0 Å². The van der Waals surface area contributed by atoms with E-state index in [4.69, 9.17) is 5.73 Å². The van der Waals surface area contributed by atoms with Crippen LogP contribution >= 0.6 is 12.4 Å². The molecule has 6 N–H and O–H groups in total. The van der Waals surface area contributed by atoms with E-state index in [1.54, 1.807) is 6.07 Å². The highest BCUT2D eigenvalue weighted by Gasteiger charge is 2.24. The molecule has 0 unspecified atom stereocenters. The summed E-state index contributed by atoms with van der Waals surface area (Å²) in [6.07, 6.45) is 1.50. The van der Waals surface area contributed by atoms with Gasteiger partial charge in [0.2, 0.25) is 11.8 Å². The van der Waals surface area contributed by atoms with Gasteiger partial charge in [0.25, 0.3) is 0 Å². The Morgan fingerprint density at radius 1 is 0.968 bits per heavy atom. The number of phenols is 2. The lowest BCUT2D eigenvalue weighted by molar-refractivity contribution is -0.132. The van der Waals surface area contributed by atoms with Crippen LogP contribution in [0.2, 0.25) is 0 Å². The summed E-state index contributed by atoms with van der Waals surface area (Å²) in [6.45, 7) is 4.65. The highest BCUT2D eigenvalue weighted by atomic mass is 35.5. The average molecular weight is 450 g/mol. The van der Waals surface area contributed by atoms with Crippen LogP contribution in [0.3, 0.4) is 0 Å². The second-order valence-corrected chi connectivity index (χ2v) is 7.86. The number of imide groups is 1. The summed E-state index contributed by atoms with van der Waals surface area (Å²) in [4.78, 5) is 25.1. The fraction of sp³-hybridized carbons (Fsp3) is 0.391. The molecule has 170 valence electrons. The van der Waals surface area contributed by atoms with E-state index in [1.807, 2.05) is 44.2 Å². The maximum atomic E-state index is 12.7. The van der Waals surface area contributed by atoms with Gasteiger partial charge in [0.05, 0.1) is 12.1 Å². The highest BCUT2D eigenvalue weighted by molar-refractivity contribution is 6.00. The molecule has 0 fully saturated rings. The Bertz CT molecular complexity index is 846. The van der Waals surface area contributed by atoms with Gasteiger partial charge < -0.3 is 21.3 Å². The van der Waals surface area contributed by atoms with Crippen molar-refractivity contribution in [3.63, 3.8) is 0 Å². The number of carbonyl (C=O) groups excluding carboxylic acids is 2. The molecule has 0 bridgehead atoms. The summed E-state index contributed by atoms with van der Waals surface area (Å²) >= 11 is 0. The molecule has 0 aliphatic carbocycles. The molecule has 7 nitrogen and oxygen atoms in total. The second-order valence-electron chi connectivity index (χ2n) is 7.86. The summed E-state index contributed by atoms with van der Waals surface area (Å²) in [7, 11) is 0. The Balaban J connectivity index is 0.00000480. The van der Waals surface area contributed by atoms with Crippen LogP contribution < -0.4 is 16.4 Å². The second kappa shape index (κ2) is 12.9. The monoisotopic (exact) mass is 449 g/mol. The SMILES string of the molecule is CC(C)C[C@H](NCCc1ccccc1)C(=O)NC(=O)[C@@H](N)Cc1ccc(O)c(O)c1.Cl. The van der Waals surface area contributed by atoms with Gasteiger partial charge in [-0.25, -0.2) is 0 Å². The molecule has 31 heavy (non-hydrogen) atoms. The Morgan fingerprint density at radius 3 is 2.26 bits per heavy atom. The van der Waals surface area contributed by atoms with E-state index in [1.165, 1.54) is 17.7 Å². The summed E-state index contributed by atoms with van der Waals surface area (Å²) in [6, 6.07) is 12.8. The predicted octanol–water partition coefficient (Wildman–Crippen LogP) is 2.28. The third-order valence-electron chi connectivity index (χ3n) is 4.75. The minimum atomic E-state index is -0.957. The highest BCUT2D eigenvalue weighted by Crippen LogP contribution is 2.25. The van der Waals surface area contributed by atoms with Crippen LogP contribution in [0.4, 0.5) is 0 Å². The average Bonchev–Trinajstić information content (AvgIpc) is 2.70. The van der Waals surface area contributed by atoms with Crippen molar-refractivity contribution in [2.75, 3.05) is 6.54 Å². The van der Waals surface area contributed by atoms with Crippen LogP contribution in [0.15, 0.2) is 48.5 Å². The van der Waals surface area contributed by atoms with Crippen molar-refractivity contribution in [2.24, 2.45) is 11.7 Å². The third-order valence-corrected chi connectivity index (χ3v) is 4.75. The molecule has 0 saturated heterocycles. The number of rotatable bonds is 10. The lowest BCUT2D eigenvalue weighted by atomic mass is 10.0. The quantitative estimate of drug-likeness (QED) is 0.354. The number of carbonyl (C=O) groups is 2. The Hall–Kier alpha value is -2.61. The van der Waals surface area contributed by atoms with Gasteiger partial charge in [-0.15, -0.1) is 12.4 Å². The van der Waals surface area contributed by atoms with Crippen LogP contribution in [0, 0.1) is 5.92 Å². The summed E-state index contributed by atoms with van der Waals surface area (Å²) in [5, 5.41) is 24.6. The molecule has 2 atom stereocenters. The van der Waals surface area contributed by atoms with Gasteiger partial charge in [-0.2, -0.15) is 0 Å². The lowest BCUT2D eigenvalue weighted by Crippen LogP contribution is -2.52. The Labute approximate surface area is 189 Å². The zero-order valence-electron chi connectivity index (χ0n) is 17.9. The van der Waals surface area contributed by atoms with Crippen molar-refractivity contribution in [1.29, 1.82) is 0 Å². The first-order valence-electron chi connectivity index (χ1n) is 10.1. The molecule has 8 heteroatoms. The largest absolute Gasteiger partial charge is 0.504 e. The summed E-state index contributed by atoms with van der Waals surface area (Å²) in [5.74, 6) is -1.23. The molecule has 0 aromatic heterocycles. The third kappa shape index (κ3) is 8.96. The fourth-order valence-electron chi connectivity index (χ4n) is 3.13. The van der Waals surface area contributed by atoms with Crippen LogP contribution in [-0.2, 0) is 22.4 Å². The van der Waals surface area contributed by atoms with Crippen molar-refractivity contribution >= 4 is 24.2 Å². The van der Waals surface area contributed by atoms with E-state index in [0.29, 0.717) is 18.5 Å². The molecular formula is C23H32ClN3O4. The van der Waals surface area contributed by atoms with Crippen molar-refractivity contribution in [2.45, 2.75) is 45.2 Å². The van der Waals surface area contributed by atoms with Crippen LogP contribution in [0.1, 0.15) is 31.4 Å². The molecule has 0 heterocycles. The first kappa shape index (κ1) is 26.4. The number of hydrogen-bond donors (Lipinski definition) is 5. The zero-order chi connectivity index (χ0) is 22.1. The minimum absolute atomic E-state index is 0. The first-order valence-corrected chi connectivity index (χ1v) is 10.1. The molecular weight excluding hydrogens is 418 g/mol. The number of aromatic hydroxyl groups is 2. The number of nitrogens with two attached hydrogens (primary N) is 1. The number of benzene rings is 2. The number of nitrogens with one attached hydrogen (secondary N) is 2. The summed E-state index contributed by atoms with van der Waals surface area (Å²) in [5.41, 5.74) is 7.69. The molecule has 2 rings (SSSR count). The van der Waals surface area contributed by atoms with E-state index in [0.717, 1.165) is 6.42 Å². The van der Waals surface area contributed by atoms with E-state index >= 15 is 0 Å². The number of phenolic OH excluding ortho intramolecular Hbond substituents is 2. The minimum Gasteiger partial charge on any atom is -0.504 e. The molecule has 2 amide bonds. The van der Waals surface area contributed by atoms with E-state index < -0.39 is 23.9 Å². The number of amides is 2. The first-order chi connectivity index (χ1) is 14.3. The maximum Gasteiger partial charge on any atom is 0.243 e. The van der Waals surface area contributed by atoms with Crippen molar-refractivity contribution < 1.29 is 19.8 Å². The standard InChI is InChI=1S/C23H31N3O4.ClH/c1-15(2)12-19(25-11-10-16-6-4-3-5-7-16)23(30)26-22(29)18(24)13-17-8-9-20(27)21(28)14-17;/h3-9,14-15,18-19,25,27-28H,10-13,24H2,1-2H3,(H,26,29,30);1H/t18-,19-;/m0./s1. The molecule has 2 aromatic rings. The van der Waals surface area contributed by atoms with Crippen LogP contribution in [0.25, 0.3) is 0 Å². The normalized spacial score (nSPS) is 12.6. The van der Waals surface area contributed by atoms with Gasteiger partial charge in [-0.3, -0.25) is 14.9 Å². The van der Waals surface area contributed by atoms with Crippen molar-refractivity contribution in [3.05, 3.63) is 59.7 Å². The zero-order valence-corrected chi connectivity index (χ0v) is 18.7. The van der Waals surface area contributed by atoms with Gasteiger partial charge in [-0.05, 0) is 55.0 Å². The van der Waals surface area contributed by atoms with Gasteiger partial charge in [0, 0.05) is 0 Å². The van der Waals surface area contributed by atoms with Gasteiger partial charge in [-0.1, -0.05) is 50.2 Å². The molecule has 2 aromatic carbocycles. The smallest absolute Gasteiger partial charge is 0.243 e. The predicted molar refractivity (Wildman–Crippen MR) is 123 cm³/mol. The Kier molecular flexibility index (Phi) is 11.0. The molecule has 0 radical (unpaired) electrons. The molecule has 0 aliphatic rings. The van der Waals surface area contributed by atoms with E-state index in [2.05, 4.69) is 10.6 Å². The molecule has 0 saturated carbocycles. The Morgan fingerprint density at radius 2 is 1.65 bits per heavy atom. The van der Waals surface area contributed by atoms with Gasteiger partial charge in [0.15, 0.2) is 11.5 Å². The van der Waals surface area contributed by atoms with Gasteiger partial charge >= 0.3 is 0 Å². The number of hydrogen-bond acceptors (Lipinski definition) is 6. The molecule has 0 aliphatic heterocycles. The van der Waals surface area contributed by atoms with E-state index in [-0.39, 0.29) is 36.2 Å². The van der Waals surface area contributed by atoms with Crippen molar-refractivity contribution in [1.82, 2.24) is 10.6 Å². The maximum absolute atomic E-state index is 12.7. The van der Waals surface area contributed by atoms with Crippen molar-refractivity contribution in [3.8, 4) is 11.5 Å². The van der Waals surface area contributed by atoms with Crippen LogP contribution in [-0.4, -0.2) is 40.7 Å². The fourth-order valence-corrected chi connectivity index (χ4v) is 3.13. The summed E-state index contributed by atoms with van der Waals surface area (Å²) < 4.78 is 0.